The van der Waals surface area contributed by atoms with Crippen LogP contribution in [0.1, 0.15) is 19.3 Å². The molecule has 0 saturated heterocycles. The second-order valence-electron chi connectivity index (χ2n) is 3.70. The molecule has 1 atom stereocenters. The van der Waals surface area contributed by atoms with Crippen LogP contribution in [0, 0.1) is 5.82 Å². The maximum Gasteiger partial charge on any atom is 0.303 e. The van der Waals surface area contributed by atoms with Gasteiger partial charge in [-0.1, -0.05) is 0 Å². The molecule has 0 amide bonds. The molecule has 0 spiro atoms. The fourth-order valence-corrected chi connectivity index (χ4v) is 1.30. The molecule has 1 aromatic carbocycles. The van der Waals surface area contributed by atoms with E-state index < -0.39 is 12.1 Å². The van der Waals surface area contributed by atoms with Crippen molar-refractivity contribution in [3.63, 3.8) is 0 Å². The molecule has 94 valence electrons. The van der Waals surface area contributed by atoms with Crippen LogP contribution >= 0.6 is 0 Å². The summed E-state index contributed by atoms with van der Waals surface area (Å²) in [7, 11) is 0. The van der Waals surface area contributed by atoms with E-state index in [1.165, 1.54) is 24.3 Å². The lowest BCUT2D eigenvalue weighted by Crippen LogP contribution is -2.17. The fraction of sp³-hybridized carbons (Fsp3) is 0.417. The average molecular weight is 242 g/mol. The second-order valence-corrected chi connectivity index (χ2v) is 3.70. The second kappa shape index (κ2) is 6.85. The summed E-state index contributed by atoms with van der Waals surface area (Å²) < 4.78 is 17.8. The molecule has 0 heterocycles. The number of carbonyl (C=O) groups is 1. The van der Waals surface area contributed by atoms with Crippen LogP contribution in [0.5, 0.6) is 5.75 Å². The molecule has 0 aliphatic rings. The van der Waals surface area contributed by atoms with E-state index in [4.69, 9.17) is 9.84 Å². The van der Waals surface area contributed by atoms with Gasteiger partial charge in [0.1, 0.15) is 18.2 Å². The molecule has 0 fully saturated rings. The summed E-state index contributed by atoms with van der Waals surface area (Å²) >= 11 is 0. The number of carboxylic acids is 1. The van der Waals surface area contributed by atoms with Crippen LogP contribution in [0.15, 0.2) is 24.3 Å². The van der Waals surface area contributed by atoms with Crippen molar-refractivity contribution in [3.05, 3.63) is 30.1 Å². The standard InChI is InChI=1S/C12H15FO4/c13-9-4-6-11(7-5-9)17-8-10(14)2-1-3-12(15)16/h4-7,10,14H,1-3,8H2,(H,15,16)/t10-/m0/s1. The largest absolute Gasteiger partial charge is 0.491 e. The first-order valence-corrected chi connectivity index (χ1v) is 5.36. The molecule has 4 nitrogen and oxygen atoms in total. The smallest absolute Gasteiger partial charge is 0.303 e. The van der Waals surface area contributed by atoms with Crippen molar-refractivity contribution in [1.82, 2.24) is 0 Å². The van der Waals surface area contributed by atoms with E-state index in [1.54, 1.807) is 0 Å². The van der Waals surface area contributed by atoms with E-state index in [0.717, 1.165) is 0 Å². The molecule has 0 saturated carbocycles. The number of aliphatic hydroxyl groups is 1. The van der Waals surface area contributed by atoms with Gasteiger partial charge in [-0.05, 0) is 37.1 Å². The number of ether oxygens (including phenoxy) is 1. The highest BCUT2D eigenvalue weighted by atomic mass is 19.1. The first-order chi connectivity index (χ1) is 8.08. The highest BCUT2D eigenvalue weighted by molar-refractivity contribution is 5.66. The topological polar surface area (TPSA) is 66.8 Å². The monoisotopic (exact) mass is 242 g/mol. The Bertz CT molecular complexity index is 350. The summed E-state index contributed by atoms with van der Waals surface area (Å²) in [5.74, 6) is -0.750. The van der Waals surface area contributed by atoms with E-state index in [0.29, 0.717) is 18.6 Å². The number of halogens is 1. The minimum Gasteiger partial charge on any atom is -0.491 e. The molecule has 0 aromatic heterocycles. The van der Waals surface area contributed by atoms with Crippen molar-refractivity contribution < 1.29 is 24.1 Å². The van der Waals surface area contributed by atoms with Crippen molar-refractivity contribution >= 4 is 5.97 Å². The number of aliphatic hydroxyl groups excluding tert-OH is 1. The summed E-state index contributed by atoms with van der Waals surface area (Å²) in [6.45, 7) is 0.0747. The van der Waals surface area contributed by atoms with Gasteiger partial charge in [-0.2, -0.15) is 0 Å². The van der Waals surface area contributed by atoms with E-state index in [1.807, 2.05) is 0 Å². The van der Waals surface area contributed by atoms with Crippen molar-refractivity contribution in [2.75, 3.05) is 6.61 Å². The predicted octanol–water partition coefficient (Wildman–Crippen LogP) is 1.82. The zero-order valence-electron chi connectivity index (χ0n) is 9.30. The lowest BCUT2D eigenvalue weighted by atomic mass is 10.1. The Hall–Kier alpha value is -1.62. The molecule has 1 aromatic rings. The van der Waals surface area contributed by atoms with Crippen LogP contribution in [0.4, 0.5) is 4.39 Å². The molecular weight excluding hydrogens is 227 g/mol. The number of carboxylic acid groups (broad SMARTS) is 1. The van der Waals surface area contributed by atoms with Gasteiger partial charge < -0.3 is 14.9 Å². The number of hydrogen-bond donors (Lipinski definition) is 2. The van der Waals surface area contributed by atoms with Gasteiger partial charge in [-0.25, -0.2) is 4.39 Å². The molecule has 0 radical (unpaired) electrons. The highest BCUT2D eigenvalue weighted by Crippen LogP contribution is 2.12. The third-order valence-corrected chi connectivity index (χ3v) is 2.18. The maximum absolute atomic E-state index is 12.6. The number of aliphatic carboxylic acids is 1. The Labute approximate surface area is 98.7 Å². The maximum atomic E-state index is 12.6. The first-order valence-electron chi connectivity index (χ1n) is 5.36. The Morgan fingerprint density at radius 3 is 2.59 bits per heavy atom. The van der Waals surface area contributed by atoms with Crippen molar-refractivity contribution in [2.24, 2.45) is 0 Å². The Balaban J connectivity index is 2.21. The third kappa shape index (κ3) is 5.87. The van der Waals surface area contributed by atoms with Crippen molar-refractivity contribution in [2.45, 2.75) is 25.4 Å². The number of benzene rings is 1. The number of rotatable bonds is 7. The minimum atomic E-state index is -0.878. The first kappa shape index (κ1) is 13.4. The van der Waals surface area contributed by atoms with Crippen LogP contribution in [0.25, 0.3) is 0 Å². The lowest BCUT2D eigenvalue weighted by Gasteiger charge is -2.11. The fourth-order valence-electron chi connectivity index (χ4n) is 1.30. The molecular formula is C12H15FO4. The van der Waals surface area contributed by atoms with E-state index in [2.05, 4.69) is 0 Å². The quantitative estimate of drug-likeness (QED) is 0.765. The van der Waals surface area contributed by atoms with Crippen LogP contribution in [0.3, 0.4) is 0 Å². The third-order valence-electron chi connectivity index (χ3n) is 2.18. The molecule has 0 bridgehead atoms. The summed E-state index contributed by atoms with van der Waals surface area (Å²) in [6, 6.07) is 5.48. The van der Waals surface area contributed by atoms with Gasteiger partial charge in [0.05, 0.1) is 6.10 Å². The van der Waals surface area contributed by atoms with Crippen LogP contribution < -0.4 is 4.74 Å². The lowest BCUT2D eigenvalue weighted by molar-refractivity contribution is -0.137. The van der Waals surface area contributed by atoms with Gasteiger partial charge in [-0.3, -0.25) is 4.79 Å². The Kier molecular flexibility index (Phi) is 5.42. The minimum absolute atomic E-state index is 0.0353. The van der Waals surface area contributed by atoms with Gasteiger partial charge in [0.2, 0.25) is 0 Å². The zero-order valence-corrected chi connectivity index (χ0v) is 9.30. The average Bonchev–Trinajstić information content (AvgIpc) is 2.28. The van der Waals surface area contributed by atoms with Crippen LogP contribution in [0.2, 0.25) is 0 Å². The van der Waals surface area contributed by atoms with Gasteiger partial charge in [0.25, 0.3) is 0 Å². The van der Waals surface area contributed by atoms with Gasteiger partial charge in [0, 0.05) is 6.42 Å². The summed E-state index contributed by atoms with van der Waals surface area (Å²) in [4.78, 5) is 10.2. The molecule has 2 N–H and O–H groups in total. The van der Waals surface area contributed by atoms with Crippen LogP contribution in [-0.2, 0) is 4.79 Å². The molecule has 1 rings (SSSR count). The number of hydrogen-bond acceptors (Lipinski definition) is 3. The van der Waals surface area contributed by atoms with E-state index in [-0.39, 0.29) is 18.8 Å². The highest BCUT2D eigenvalue weighted by Gasteiger charge is 2.06. The molecule has 0 aliphatic heterocycles. The molecule has 0 unspecified atom stereocenters. The van der Waals surface area contributed by atoms with E-state index >= 15 is 0 Å². The zero-order chi connectivity index (χ0) is 12.7. The van der Waals surface area contributed by atoms with Gasteiger partial charge in [0.15, 0.2) is 0 Å². The molecule has 0 aliphatic carbocycles. The predicted molar refractivity (Wildman–Crippen MR) is 59.4 cm³/mol. The van der Waals surface area contributed by atoms with Crippen LogP contribution in [-0.4, -0.2) is 28.9 Å². The summed E-state index contributed by atoms with van der Waals surface area (Å²) in [5.41, 5.74) is 0. The SMILES string of the molecule is O=C(O)CCC[C@H](O)COc1ccc(F)cc1. The Morgan fingerprint density at radius 2 is 2.00 bits per heavy atom. The van der Waals surface area contributed by atoms with Crippen molar-refractivity contribution in [3.8, 4) is 5.75 Å². The summed E-state index contributed by atoms with van der Waals surface area (Å²) in [5, 5.41) is 17.9. The normalized spacial score (nSPS) is 12.1. The molecule has 17 heavy (non-hydrogen) atoms. The van der Waals surface area contributed by atoms with Crippen molar-refractivity contribution in [1.29, 1.82) is 0 Å². The van der Waals surface area contributed by atoms with Gasteiger partial charge >= 0.3 is 5.97 Å². The van der Waals surface area contributed by atoms with E-state index in [9.17, 15) is 14.3 Å². The Morgan fingerprint density at radius 1 is 1.35 bits per heavy atom. The van der Waals surface area contributed by atoms with Gasteiger partial charge in [-0.15, -0.1) is 0 Å². The summed E-state index contributed by atoms with van der Waals surface area (Å²) in [6.07, 6.45) is 0.101. The molecule has 5 heteroatoms.